The zero-order valence-corrected chi connectivity index (χ0v) is 8.98. The van der Waals surface area contributed by atoms with Crippen molar-refractivity contribution in [3.63, 3.8) is 0 Å². The summed E-state index contributed by atoms with van der Waals surface area (Å²) >= 11 is 0. The minimum Gasteiger partial charge on any atom is -0.0887 e. The minimum absolute atomic E-state index is 1.27. The van der Waals surface area contributed by atoms with Crippen LogP contribution in [0.25, 0.3) is 0 Å². The Balaban J connectivity index is 3.34. The van der Waals surface area contributed by atoms with Gasteiger partial charge in [-0.15, -0.1) is 0 Å². The Bertz CT molecular complexity index is 141. The molecule has 0 unspecified atom stereocenters. The smallest absolute Gasteiger partial charge is 0.0323 e. The molecular formula is C12H22. The Hall–Kier alpha value is -0.520. The lowest BCUT2D eigenvalue weighted by molar-refractivity contribution is 0.724. The van der Waals surface area contributed by atoms with Crippen molar-refractivity contribution in [2.24, 2.45) is 0 Å². The fraction of sp³-hybridized carbons (Fsp3) is 0.667. The number of unbranched alkanes of at least 4 members (excludes halogenated alkanes) is 1. The van der Waals surface area contributed by atoms with Crippen molar-refractivity contribution >= 4 is 0 Å². The topological polar surface area (TPSA) is 0 Å². The molecular weight excluding hydrogens is 144 g/mol. The summed E-state index contributed by atoms with van der Waals surface area (Å²) in [5.74, 6) is 0. The van der Waals surface area contributed by atoms with Crippen molar-refractivity contribution in [2.45, 2.75) is 53.4 Å². The van der Waals surface area contributed by atoms with Gasteiger partial charge in [-0.1, -0.05) is 23.3 Å². The van der Waals surface area contributed by atoms with Crippen molar-refractivity contribution in [3.8, 4) is 0 Å². The second-order valence-corrected chi connectivity index (χ2v) is 3.48. The summed E-state index contributed by atoms with van der Waals surface area (Å²) in [5.41, 5.74) is 3.04. The van der Waals surface area contributed by atoms with Gasteiger partial charge < -0.3 is 0 Å². The van der Waals surface area contributed by atoms with Gasteiger partial charge in [0.2, 0.25) is 0 Å². The third-order valence-corrected chi connectivity index (χ3v) is 2.38. The summed E-state index contributed by atoms with van der Waals surface area (Å²) in [7, 11) is 0. The molecule has 0 aromatic rings. The zero-order chi connectivity index (χ0) is 9.40. The predicted molar refractivity (Wildman–Crippen MR) is 57.3 cm³/mol. The standard InChI is InChI=1S/C12H22/c1-5-11(3)9-7-8-10-12(4)6-2/h5-6H,7-10H2,1-4H3. The molecule has 0 atom stereocenters. The zero-order valence-electron chi connectivity index (χ0n) is 8.98. The molecule has 70 valence electrons. The van der Waals surface area contributed by atoms with Crippen molar-refractivity contribution < 1.29 is 0 Å². The molecule has 0 aliphatic heterocycles. The molecule has 0 amide bonds. The minimum atomic E-state index is 1.27. The first-order valence-corrected chi connectivity index (χ1v) is 4.94. The van der Waals surface area contributed by atoms with Gasteiger partial charge in [0.15, 0.2) is 0 Å². The van der Waals surface area contributed by atoms with E-state index in [4.69, 9.17) is 0 Å². The molecule has 0 saturated heterocycles. The Morgan fingerprint density at radius 1 is 0.833 bits per heavy atom. The molecule has 0 N–H and O–H groups in total. The van der Waals surface area contributed by atoms with Gasteiger partial charge in [-0.05, 0) is 53.4 Å². The molecule has 0 aliphatic rings. The van der Waals surface area contributed by atoms with Gasteiger partial charge in [-0.25, -0.2) is 0 Å². The summed E-state index contributed by atoms with van der Waals surface area (Å²) in [5, 5.41) is 0. The molecule has 0 aliphatic carbocycles. The molecule has 12 heavy (non-hydrogen) atoms. The Morgan fingerprint density at radius 3 is 1.42 bits per heavy atom. The van der Waals surface area contributed by atoms with Crippen LogP contribution in [0.3, 0.4) is 0 Å². The second kappa shape index (κ2) is 7.15. The van der Waals surface area contributed by atoms with Gasteiger partial charge in [-0.3, -0.25) is 0 Å². The Kier molecular flexibility index (Phi) is 6.84. The number of hydrogen-bond acceptors (Lipinski definition) is 0. The molecule has 0 heteroatoms. The second-order valence-electron chi connectivity index (χ2n) is 3.48. The number of hydrogen-bond donors (Lipinski definition) is 0. The fourth-order valence-corrected chi connectivity index (χ4v) is 1.10. The van der Waals surface area contributed by atoms with Gasteiger partial charge in [0, 0.05) is 0 Å². The summed E-state index contributed by atoms with van der Waals surface area (Å²) in [6, 6.07) is 0. The van der Waals surface area contributed by atoms with Gasteiger partial charge in [0.05, 0.1) is 0 Å². The highest BCUT2D eigenvalue weighted by atomic mass is 14.0. The number of allylic oxidation sites excluding steroid dienone is 4. The first-order valence-electron chi connectivity index (χ1n) is 4.94. The number of rotatable bonds is 5. The van der Waals surface area contributed by atoms with E-state index in [0.717, 1.165) is 0 Å². The molecule has 0 spiro atoms. The normalized spacial score (nSPS) is 13.7. The average Bonchev–Trinajstić information content (AvgIpc) is 2.11. The molecule has 0 bridgehead atoms. The molecule has 0 rings (SSSR count). The van der Waals surface area contributed by atoms with Crippen LogP contribution in [0.5, 0.6) is 0 Å². The predicted octanol–water partition coefficient (Wildman–Crippen LogP) is 4.48. The molecule has 0 saturated carbocycles. The van der Waals surface area contributed by atoms with Crippen LogP contribution in [0.2, 0.25) is 0 Å². The van der Waals surface area contributed by atoms with E-state index in [1.165, 1.54) is 36.8 Å². The van der Waals surface area contributed by atoms with E-state index in [2.05, 4.69) is 39.8 Å². The lowest BCUT2D eigenvalue weighted by Gasteiger charge is -2.01. The van der Waals surface area contributed by atoms with Gasteiger partial charge in [-0.2, -0.15) is 0 Å². The van der Waals surface area contributed by atoms with E-state index in [9.17, 15) is 0 Å². The van der Waals surface area contributed by atoms with E-state index >= 15 is 0 Å². The maximum Gasteiger partial charge on any atom is -0.0323 e. The molecule has 0 aromatic heterocycles. The van der Waals surface area contributed by atoms with Crippen LogP contribution in [-0.2, 0) is 0 Å². The van der Waals surface area contributed by atoms with Crippen LogP contribution >= 0.6 is 0 Å². The third kappa shape index (κ3) is 6.21. The SMILES string of the molecule is CC=C(C)CCCCC(C)=CC. The Labute approximate surface area is 77.4 Å². The highest BCUT2D eigenvalue weighted by Gasteiger charge is 1.91. The van der Waals surface area contributed by atoms with Crippen LogP contribution in [0.4, 0.5) is 0 Å². The van der Waals surface area contributed by atoms with Crippen molar-refractivity contribution in [1.82, 2.24) is 0 Å². The monoisotopic (exact) mass is 166 g/mol. The van der Waals surface area contributed by atoms with Crippen LogP contribution in [0.15, 0.2) is 23.3 Å². The fourth-order valence-electron chi connectivity index (χ4n) is 1.10. The van der Waals surface area contributed by atoms with Gasteiger partial charge in [0.1, 0.15) is 0 Å². The van der Waals surface area contributed by atoms with E-state index < -0.39 is 0 Å². The lowest BCUT2D eigenvalue weighted by Crippen LogP contribution is -1.81. The molecule has 0 nitrogen and oxygen atoms in total. The third-order valence-electron chi connectivity index (χ3n) is 2.38. The van der Waals surface area contributed by atoms with Gasteiger partial charge in [0.25, 0.3) is 0 Å². The lowest BCUT2D eigenvalue weighted by atomic mass is 10.1. The van der Waals surface area contributed by atoms with Crippen LogP contribution in [0, 0.1) is 0 Å². The van der Waals surface area contributed by atoms with E-state index in [-0.39, 0.29) is 0 Å². The first kappa shape index (κ1) is 11.5. The molecule has 0 heterocycles. The van der Waals surface area contributed by atoms with Crippen molar-refractivity contribution in [2.75, 3.05) is 0 Å². The quantitative estimate of drug-likeness (QED) is 0.417. The van der Waals surface area contributed by atoms with Crippen molar-refractivity contribution in [1.29, 1.82) is 0 Å². The Morgan fingerprint density at radius 2 is 1.17 bits per heavy atom. The average molecular weight is 166 g/mol. The summed E-state index contributed by atoms with van der Waals surface area (Å²) in [6.07, 6.45) is 9.63. The highest BCUT2D eigenvalue weighted by molar-refractivity contribution is 4.97. The maximum atomic E-state index is 2.21. The van der Waals surface area contributed by atoms with Crippen LogP contribution < -0.4 is 0 Å². The molecule has 0 fully saturated rings. The van der Waals surface area contributed by atoms with E-state index in [1.54, 1.807) is 0 Å². The molecule has 0 radical (unpaired) electrons. The van der Waals surface area contributed by atoms with Crippen LogP contribution in [-0.4, -0.2) is 0 Å². The highest BCUT2D eigenvalue weighted by Crippen LogP contribution is 2.11. The largest absolute Gasteiger partial charge is 0.0887 e. The molecule has 0 aromatic carbocycles. The van der Waals surface area contributed by atoms with Crippen LogP contribution in [0.1, 0.15) is 53.4 Å². The first-order chi connectivity index (χ1) is 5.70. The summed E-state index contributed by atoms with van der Waals surface area (Å²) in [6.45, 7) is 8.66. The van der Waals surface area contributed by atoms with Crippen molar-refractivity contribution in [3.05, 3.63) is 23.3 Å². The van der Waals surface area contributed by atoms with Gasteiger partial charge >= 0.3 is 0 Å². The van der Waals surface area contributed by atoms with E-state index in [0.29, 0.717) is 0 Å². The van der Waals surface area contributed by atoms with E-state index in [1.807, 2.05) is 0 Å². The maximum absolute atomic E-state index is 2.21. The summed E-state index contributed by atoms with van der Waals surface area (Å²) < 4.78 is 0. The summed E-state index contributed by atoms with van der Waals surface area (Å²) in [4.78, 5) is 0.